The van der Waals surface area contributed by atoms with E-state index < -0.39 is 5.60 Å². The first kappa shape index (κ1) is 15.5. The Morgan fingerprint density at radius 2 is 2.10 bits per heavy atom. The summed E-state index contributed by atoms with van der Waals surface area (Å²) in [6.45, 7) is 8.23. The van der Waals surface area contributed by atoms with Gasteiger partial charge in [-0.25, -0.2) is 0 Å². The summed E-state index contributed by atoms with van der Waals surface area (Å²) < 4.78 is 0. The molecule has 0 spiro atoms. The topological polar surface area (TPSA) is 52.6 Å². The van der Waals surface area contributed by atoms with Crippen LogP contribution in [0.3, 0.4) is 0 Å². The third-order valence-electron chi connectivity index (χ3n) is 3.50. The van der Waals surface area contributed by atoms with Gasteiger partial charge in [-0.1, -0.05) is 0 Å². The number of rotatable bonds is 4. The molecule has 1 aromatic rings. The fraction of sp³-hybridized carbons (Fsp3) is 0.667. The van der Waals surface area contributed by atoms with Crippen LogP contribution in [-0.2, 0) is 0 Å². The Morgan fingerprint density at radius 3 is 2.60 bits per heavy atom. The van der Waals surface area contributed by atoms with Crippen LogP contribution < -0.4 is 5.32 Å². The van der Waals surface area contributed by atoms with Crippen LogP contribution in [0.25, 0.3) is 0 Å². The van der Waals surface area contributed by atoms with Crippen LogP contribution in [-0.4, -0.2) is 47.2 Å². The molecule has 5 heteroatoms. The van der Waals surface area contributed by atoms with Gasteiger partial charge in [-0.2, -0.15) is 0 Å². The normalized spacial score (nSPS) is 18.2. The zero-order chi connectivity index (χ0) is 14.8. The van der Waals surface area contributed by atoms with Gasteiger partial charge in [0, 0.05) is 30.6 Å². The molecular formula is C15H24N2O2S. The number of thiophene rings is 1. The molecule has 1 amide bonds. The second-order valence-electron chi connectivity index (χ2n) is 6.25. The van der Waals surface area contributed by atoms with Gasteiger partial charge in [0.15, 0.2) is 0 Å². The Kier molecular flexibility index (Phi) is 4.83. The predicted octanol–water partition coefficient (Wildman–Crippen LogP) is 2.02. The number of nitrogens with zero attached hydrogens (tertiary/aromatic N) is 1. The van der Waals surface area contributed by atoms with E-state index in [2.05, 4.69) is 10.2 Å². The molecule has 0 aromatic carbocycles. The maximum absolute atomic E-state index is 12.1. The lowest BCUT2D eigenvalue weighted by Crippen LogP contribution is -2.48. The lowest BCUT2D eigenvalue weighted by atomic mass is 10.0. The number of aryl methyl sites for hydroxylation is 1. The molecule has 0 radical (unpaired) electrons. The summed E-state index contributed by atoms with van der Waals surface area (Å²) in [6.07, 6.45) is 1.90. The maximum Gasteiger partial charge on any atom is 0.261 e. The molecule has 20 heavy (non-hydrogen) atoms. The van der Waals surface area contributed by atoms with Crippen LogP contribution in [0.5, 0.6) is 0 Å². The van der Waals surface area contributed by atoms with Crippen molar-refractivity contribution in [1.29, 1.82) is 0 Å². The van der Waals surface area contributed by atoms with Crippen LogP contribution in [0.4, 0.5) is 0 Å². The smallest absolute Gasteiger partial charge is 0.261 e. The number of piperidine rings is 1. The van der Waals surface area contributed by atoms with Crippen molar-refractivity contribution in [2.75, 3.05) is 19.6 Å². The van der Waals surface area contributed by atoms with E-state index in [-0.39, 0.29) is 11.9 Å². The van der Waals surface area contributed by atoms with E-state index in [1.54, 1.807) is 0 Å². The summed E-state index contributed by atoms with van der Waals surface area (Å²) in [5.41, 5.74) is -0.648. The molecule has 1 fully saturated rings. The quantitative estimate of drug-likeness (QED) is 0.894. The first-order valence-corrected chi connectivity index (χ1v) is 7.97. The number of nitrogens with one attached hydrogen (secondary N) is 1. The van der Waals surface area contributed by atoms with Gasteiger partial charge in [-0.3, -0.25) is 4.79 Å². The summed E-state index contributed by atoms with van der Waals surface area (Å²) >= 11 is 1.54. The van der Waals surface area contributed by atoms with Crippen molar-refractivity contribution >= 4 is 17.2 Å². The molecule has 1 aromatic heterocycles. The molecule has 1 aliphatic rings. The number of amides is 1. The average Bonchev–Trinajstić information content (AvgIpc) is 2.77. The minimum atomic E-state index is -0.648. The molecule has 2 N–H and O–H groups in total. The largest absolute Gasteiger partial charge is 0.389 e. The van der Waals surface area contributed by atoms with Crippen molar-refractivity contribution in [2.24, 2.45) is 0 Å². The third kappa shape index (κ3) is 4.58. The van der Waals surface area contributed by atoms with Crippen molar-refractivity contribution in [3.8, 4) is 0 Å². The van der Waals surface area contributed by atoms with Crippen molar-refractivity contribution in [2.45, 2.75) is 45.3 Å². The predicted molar refractivity (Wildman–Crippen MR) is 82.3 cm³/mol. The zero-order valence-electron chi connectivity index (χ0n) is 12.5. The van der Waals surface area contributed by atoms with Crippen molar-refractivity contribution in [3.05, 3.63) is 21.9 Å². The van der Waals surface area contributed by atoms with Crippen LogP contribution in [0.15, 0.2) is 12.1 Å². The molecule has 4 nitrogen and oxygen atoms in total. The van der Waals surface area contributed by atoms with Crippen LogP contribution in [0, 0.1) is 6.92 Å². The molecule has 112 valence electrons. The van der Waals surface area contributed by atoms with Gasteiger partial charge in [-0.15, -0.1) is 11.3 Å². The van der Waals surface area contributed by atoms with Crippen LogP contribution in [0.2, 0.25) is 0 Å². The third-order valence-corrected chi connectivity index (χ3v) is 4.50. The molecule has 2 rings (SSSR count). The van der Waals surface area contributed by atoms with Gasteiger partial charge in [0.05, 0.1) is 10.5 Å². The van der Waals surface area contributed by atoms with Gasteiger partial charge in [0.1, 0.15) is 0 Å². The minimum Gasteiger partial charge on any atom is -0.389 e. The van der Waals surface area contributed by atoms with Crippen molar-refractivity contribution in [3.63, 3.8) is 0 Å². The number of β-amino-alcohol motifs (C(OH)–C–C–N with tert-alkyl or cyclic N) is 1. The fourth-order valence-electron chi connectivity index (χ4n) is 2.60. The Bertz CT molecular complexity index is 457. The number of carbonyl (C=O) groups is 1. The Balaban J connectivity index is 1.78. The number of hydrogen-bond acceptors (Lipinski definition) is 4. The molecule has 0 atom stereocenters. The van der Waals surface area contributed by atoms with E-state index in [4.69, 9.17) is 0 Å². The highest BCUT2D eigenvalue weighted by molar-refractivity contribution is 7.13. The molecular weight excluding hydrogens is 272 g/mol. The SMILES string of the molecule is Cc1ccc(C(=O)NC2CCN(CC(C)(C)O)CC2)s1. The van der Waals surface area contributed by atoms with E-state index in [0.717, 1.165) is 35.7 Å². The Labute approximate surface area is 124 Å². The van der Waals surface area contributed by atoms with Crippen molar-refractivity contribution < 1.29 is 9.90 Å². The van der Waals surface area contributed by atoms with Crippen molar-refractivity contribution in [1.82, 2.24) is 10.2 Å². The minimum absolute atomic E-state index is 0.0454. The lowest BCUT2D eigenvalue weighted by Gasteiger charge is -2.35. The summed E-state index contributed by atoms with van der Waals surface area (Å²) in [5.74, 6) is 0.0454. The standard InChI is InChI=1S/C15H24N2O2S/c1-11-4-5-13(20-11)14(18)16-12-6-8-17(9-7-12)10-15(2,3)19/h4-5,12,19H,6-10H2,1-3H3,(H,16,18). The molecule has 1 saturated heterocycles. The van der Waals surface area contributed by atoms with E-state index in [1.165, 1.54) is 11.3 Å². The average molecular weight is 296 g/mol. The molecule has 0 saturated carbocycles. The van der Waals surface area contributed by atoms with Gasteiger partial charge in [0.25, 0.3) is 5.91 Å². The first-order valence-electron chi connectivity index (χ1n) is 7.15. The zero-order valence-corrected chi connectivity index (χ0v) is 13.3. The van der Waals surface area contributed by atoms with Gasteiger partial charge in [-0.05, 0) is 45.7 Å². The molecule has 0 bridgehead atoms. The highest BCUT2D eigenvalue weighted by atomic mass is 32.1. The van der Waals surface area contributed by atoms with Gasteiger partial charge in [0.2, 0.25) is 0 Å². The summed E-state index contributed by atoms with van der Waals surface area (Å²) in [5, 5.41) is 12.9. The monoisotopic (exact) mass is 296 g/mol. The Hall–Kier alpha value is -0.910. The van der Waals surface area contributed by atoms with E-state index in [0.29, 0.717) is 6.54 Å². The second-order valence-corrected chi connectivity index (χ2v) is 7.53. The molecule has 0 unspecified atom stereocenters. The van der Waals surface area contributed by atoms with E-state index >= 15 is 0 Å². The molecule has 1 aliphatic heterocycles. The van der Waals surface area contributed by atoms with Crippen LogP contribution in [0.1, 0.15) is 41.2 Å². The number of carbonyl (C=O) groups excluding carboxylic acids is 1. The number of aliphatic hydroxyl groups is 1. The summed E-state index contributed by atoms with van der Waals surface area (Å²) in [4.78, 5) is 16.3. The van der Waals surface area contributed by atoms with E-state index in [1.807, 2.05) is 32.9 Å². The number of likely N-dealkylation sites (tertiary alicyclic amines) is 1. The summed E-state index contributed by atoms with van der Waals surface area (Å²) in [6, 6.07) is 4.12. The molecule has 0 aliphatic carbocycles. The maximum atomic E-state index is 12.1. The highest BCUT2D eigenvalue weighted by Gasteiger charge is 2.25. The Morgan fingerprint density at radius 1 is 1.45 bits per heavy atom. The molecule has 2 heterocycles. The summed E-state index contributed by atoms with van der Waals surface area (Å²) in [7, 11) is 0. The lowest BCUT2D eigenvalue weighted by molar-refractivity contribution is 0.0267. The van der Waals surface area contributed by atoms with Gasteiger partial charge >= 0.3 is 0 Å². The van der Waals surface area contributed by atoms with Gasteiger partial charge < -0.3 is 15.3 Å². The first-order chi connectivity index (χ1) is 9.33. The second kappa shape index (κ2) is 6.24. The van der Waals surface area contributed by atoms with Crippen LogP contribution >= 0.6 is 11.3 Å². The number of hydrogen-bond donors (Lipinski definition) is 2. The van der Waals surface area contributed by atoms with E-state index in [9.17, 15) is 9.90 Å². The fourth-order valence-corrected chi connectivity index (χ4v) is 3.37. The highest BCUT2D eigenvalue weighted by Crippen LogP contribution is 2.17.